The molecule has 0 saturated carbocycles. The Morgan fingerprint density at radius 2 is 1.50 bits per heavy atom. The second-order valence-electron chi connectivity index (χ2n) is 11.3. The average Bonchev–Trinajstić information content (AvgIpc) is 3.44. The number of ether oxygens (including phenoxy) is 2. The van der Waals surface area contributed by atoms with Crippen molar-refractivity contribution in [3.05, 3.63) is 77.5 Å². The van der Waals surface area contributed by atoms with E-state index in [2.05, 4.69) is 55.7 Å². The number of nitrogens with one attached hydrogen (secondary N) is 2. The first-order valence-electron chi connectivity index (χ1n) is 13.4. The van der Waals surface area contributed by atoms with E-state index in [4.69, 9.17) is 14.6 Å². The number of hydrogen-bond acceptors (Lipinski definition) is 8. The van der Waals surface area contributed by atoms with Gasteiger partial charge in [0.1, 0.15) is 18.6 Å². The molecule has 0 spiro atoms. The van der Waals surface area contributed by atoms with Crippen LogP contribution in [0, 0.1) is 5.92 Å². The molecule has 4 rings (SSSR count). The fourth-order valence-electron chi connectivity index (χ4n) is 4.62. The molecular weight excluding hydrogens is 539 g/mol. The molecule has 2 aliphatic heterocycles. The summed E-state index contributed by atoms with van der Waals surface area (Å²) < 4.78 is 14.0. The molecule has 12 nitrogen and oxygen atoms in total. The Hall–Kier alpha value is -3.10. The number of H-pyrrole nitrogens is 2. The molecule has 0 aromatic carbocycles. The lowest BCUT2D eigenvalue weighted by atomic mass is 10.0. The normalized spacial score (nSPS) is 26.6. The van der Waals surface area contributed by atoms with Crippen molar-refractivity contribution in [1.29, 1.82) is 0 Å². The van der Waals surface area contributed by atoms with Gasteiger partial charge in [0.2, 0.25) is 0 Å². The van der Waals surface area contributed by atoms with Gasteiger partial charge in [-0.25, -0.2) is 9.59 Å². The molecule has 2 fully saturated rings. The number of hydrogen-bond donors (Lipinski definition) is 4. The van der Waals surface area contributed by atoms with Crippen molar-refractivity contribution >= 4 is 20.2 Å². The lowest BCUT2D eigenvalue weighted by Crippen LogP contribution is -2.33. The van der Waals surface area contributed by atoms with Crippen LogP contribution in [-0.4, -0.2) is 62.3 Å². The molecule has 2 aromatic rings. The zero-order valence-electron chi connectivity index (χ0n) is 23.6. The Bertz CT molecular complexity index is 1450. The smallest absolute Gasteiger partial charge is 0.330 e. The minimum Gasteiger partial charge on any atom is -0.394 e. The lowest BCUT2D eigenvalue weighted by molar-refractivity contribution is -0.0459. The Labute approximate surface area is 232 Å². The van der Waals surface area contributed by atoms with Crippen LogP contribution in [0.2, 0.25) is 19.6 Å². The standard InChI is InChI=1S/C16H26N2O3Si.C11H14N2O5/c1-6-13-11(2)9-14(21-13)18-10-12(7-8-22(3,4)5)15(19)17-16(18)20;1-2-6-4-13(11(17)12-10(6)16)9-3-7(15)8(5-14)18-9/h7-8,10-11,13-14H,6,9H2,1-5H3,(H,17,19,20);2,4,7-9,14-15H,1,3,5H2,(H,12,16,17)/t11-,13-,14-;7-,8-,9-/m11/s1/i7+1,8+1;2+1. The van der Waals surface area contributed by atoms with E-state index < -0.39 is 43.4 Å². The second kappa shape index (κ2) is 13.0. The molecule has 0 bridgehead atoms. The topological polar surface area (TPSA) is 169 Å². The van der Waals surface area contributed by atoms with Crippen molar-refractivity contribution in [2.24, 2.45) is 5.92 Å². The maximum absolute atomic E-state index is 12.1. The molecule has 0 aliphatic carbocycles. The van der Waals surface area contributed by atoms with Gasteiger partial charge in [-0.3, -0.25) is 28.7 Å². The number of aromatic nitrogens is 4. The molecule has 0 unspecified atom stereocenters. The first-order valence-corrected chi connectivity index (χ1v) is 17.0. The third kappa shape index (κ3) is 7.55. The zero-order chi connectivity index (χ0) is 29.8. The van der Waals surface area contributed by atoms with Crippen LogP contribution in [0.3, 0.4) is 0 Å². The van der Waals surface area contributed by atoms with Gasteiger partial charge in [-0.05, 0) is 18.8 Å². The number of rotatable bonds is 7. The second-order valence-corrected chi connectivity index (χ2v) is 16.3. The van der Waals surface area contributed by atoms with Crippen molar-refractivity contribution in [3.8, 4) is 0 Å². The van der Waals surface area contributed by atoms with Gasteiger partial charge in [0.25, 0.3) is 11.1 Å². The van der Waals surface area contributed by atoms with E-state index >= 15 is 0 Å². The van der Waals surface area contributed by atoms with Crippen LogP contribution in [-0.2, 0) is 9.47 Å². The molecule has 4 heterocycles. The van der Waals surface area contributed by atoms with Gasteiger partial charge in [0, 0.05) is 18.8 Å². The van der Waals surface area contributed by atoms with Crippen molar-refractivity contribution < 1.29 is 19.7 Å². The van der Waals surface area contributed by atoms with E-state index in [1.165, 1.54) is 21.4 Å². The summed E-state index contributed by atoms with van der Waals surface area (Å²) in [5, 5.41) is 18.6. The highest BCUT2D eigenvalue weighted by Crippen LogP contribution is 2.33. The van der Waals surface area contributed by atoms with Gasteiger partial charge in [-0.1, -0.05) is 57.9 Å². The Balaban J connectivity index is 0.000000225. The van der Waals surface area contributed by atoms with Crippen LogP contribution >= 0.6 is 0 Å². The Morgan fingerprint density at radius 1 is 0.975 bits per heavy atom. The summed E-state index contributed by atoms with van der Waals surface area (Å²) in [4.78, 5) is 51.6. The highest BCUT2D eigenvalue weighted by atomic mass is 28.3. The molecule has 40 heavy (non-hydrogen) atoms. The van der Waals surface area contributed by atoms with Crippen LogP contribution in [0.25, 0.3) is 12.2 Å². The number of aromatic amines is 2. The predicted octanol–water partition coefficient (Wildman–Crippen LogP) is 1.58. The number of nitrogens with zero attached hydrogens (tertiary/aromatic N) is 2. The van der Waals surface area contributed by atoms with Crippen LogP contribution in [0.4, 0.5) is 0 Å². The van der Waals surface area contributed by atoms with E-state index in [9.17, 15) is 24.3 Å². The van der Waals surface area contributed by atoms with Gasteiger partial charge in [-0.2, -0.15) is 0 Å². The van der Waals surface area contributed by atoms with E-state index in [0.717, 1.165) is 12.8 Å². The van der Waals surface area contributed by atoms with Crippen molar-refractivity contribution in [1.82, 2.24) is 19.1 Å². The van der Waals surface area contributed by atoms with Crippen LogP contribution < -0.4 is 22.5 Å². The molecule has 2 saturated heterocycles. The molecular formula is C27H40N4O8Si. The molecule has 6 atom stereocenters. The van der Waals surface area contributed by atoms with Crippen molar-refractivity contribution in [3.63, 3.8) is 0 Å². The molecule has 2 aliphatic rings. The first kappa shape index (κ1) is 31.4. The van der Waals surface area contributed by atoms with Crippen LogP contribution in [0.1, 0.15) is 56.7 Å². The summed E-state index contributed by atoms with van der Waals surface area (Å²) >= 11 is 0. The molecule has 0 amide bonds. The van der Waals surface area contributed by atoms with Gasteiger partial charge >= 0.3 is 11.4 Å². The lowest BCUT2D eigenvalue weighted by Gasteiger charge is -2.15. The minimum atomic E-state index is -1.41. The maximum Gasteiger partial charge on any atom is 0.330 e. The SMILES string of the molecule is C=[13CH]c1cn([C@H]2C[C@@H](O)[C@@H](CO)O2)c(=O)[nH]c1=O.CC[C@H]1O[C@@H](n2cc([13CH]=[13CH][Si](C)(C)C)c(=O)[nH]c2=O)C[C@H]1C. The summed E-state index contributed by atoms with van der Waals surface area (Å²) in [5.74, 6) is 0.412. The van der Waals surface area contributed by atoms with Gasteiger partial charge in [-0.15, -0.1) is 0 Å². The summed E-state index contributed by atoms with van der Waals surface area (Å²) in [6, 6.07) is 0. The van der Waals surface area contributed by atoms with E-state index in [0.29, 0.717) is 11.5 Å². The summed E-state index contributed by atoms with van der Waals surface area (Å²) in [6.45, 7) is 13.9. The van der Waals surface area contributed by atoms with Crippen molar-refractivity contribution in [2.75, 3.05) is 6.61 Å². The zero-order valence-corrected chi connectivity index (χ0v) is 24.6. The molecule has 220 valence electrons. The van der Waals surface area contributed by atoms with E-state index in [1.807, 2.05) is 6.08 Å². The van der Waals surface area contributed by atoms with Crippen LogP contribution in [0.15, 0.2) is 43.9 Å². The summed E-state index contributed by atoms with van der Waals surface area (Å²) in [7, 11) is -1.41. The average molecular weight is 580 g/mol. The molecule has 0 radical (unpaired) electrons. The fraction of sp³-hybridized carbons (Fsp3) is 0.556. The number of aliphatic hydroxyl groups excluding tert-OH is 2. The van der Waals surface area contributed by atoms with Gasteiger partial charge < -0.3 is 19.7 Å². The van der Waals surface area contributed by atoms with E-state index in [1.54, 1.807) is 6.20 Å². The maximum atomic E-state index is 12.1. The highest BCUT2D eigenvalue weighted by Gasteiger charge is 2.35. The molecule has 13 heteroatoms. The Kier molecular flexibility index (Phi) is 10.2. The summed E-state index contributed by atoms with van der Waals surface area (Å²) in [6.07, 6.45) is 5.62. The molecule has 2 aromatic heterocycles. The van der Waals surface area contributed by atoms with Crippen LogP contribution in [0.5, 0.6) is 0 Å². The van der Waals surface area contributed by atoms with Gasteiger partial charge in [0.05, 0.1) is 38.0 Å². The fourth-order valence-corrected chi connectivity index (χ4v) is 5.30. The largest absolute Gasteiger partial charge is 0.394 e. The first-order chi connectivity index (χ1) is 18.8. The monoisotopic (exact) mass is 579 g/mol. The number of aliphatic hydroxyl groups is 2. The third-order valence-electron chi connectivity index (χ3n) is 6.92. The quantitative estimate of drug-likeness (QED) is 0.283. The highest BCUT2D eigenvalue weighted by molar-refractivity contribution is 6.81. The minimum absolute atomic E-state index is 0.171. The molecule has 4 N–H and O–H groups in total. The van der Waals surface area contributed by atoms with Crippen molar-refractivity contribution in [2.45, 2.75) is 83.5 Å². The summed E-state index contributed by atoms with van der Waals surface area (Å²) in [5.41, 5.74) is 0.959. The third-order valence-corrected chi connectivity index (χ3v) is 8.09. The predicted molar refractivity (Wildman–Crippen MR) is 155 cm³/mol. The Morgan fingerprint density at radius 3 is 1.98 bits per heavy atom. The van der Waals surface area contributed by atoms with Gasteiger partial charge in [0.15, 0.2) is 0 Å². The van der Waals surface area contributed by atoms with E-state index in [-0.39, 0.29) is 36.5 Å².